The second-order valence-corrected chi connectivity index (χ2v) is 27.9. The number of fused-ring (bicyclic) bond motifs is 11. The number of carboxylic acid groups (broad SMARTS) is 1. The van der Waals surface area contributed by atoms with E-state index >= 15 is 0 Å². The first-order valence-corrected chi connectivity index (χ1v) is 31.5. The molecule has 5 aromatic heterocycles. The molecule has 0 amide bonds. The first-order valence-electron chi connectivity index (χ1n) is 27.1. The molecule has 436 valence electrons. The number of nitrogens with zero attached hydrogens (tertiary/aromatic N) is 4. The number of hydrazine groups is 1. The van der Waals surface area contributed by atoms with Crippen molar-refractivity contribution in [3.63, 3.8) is 0 Å². The highest BCUT2D eigenvalue weighted by Gasteiger charge is 2.36. The van der Waals surface area contributed by atoms with Crippen LogP contribution < -0.4 is 11.3 Å². The molecule has 0 saturated carbocycles. The van der Waals surface area contributed by atoms with E-state index in [4.69, 9.17) is 15.7 Å². The minimum absolute atomic E-state index is 0. The Balaban J connectivity index is 0.000000160. The standard InChI is InChI=1S/4C13H13NS.C8H8N2S.C5H10O.C2H4O2.CH4.H3P/c2*1-8-13(2,3)10-7-12-9(4-5-15-12)6-11(10)14-8;2*1-8-13(2,3)12-9-6-7-15-11(9)5-4-10(12)14-8;9-10-7-1-2-8-6(5-7)3-4-11-8;1-4(2)5(3)6;1-2(3)4;;/h4*4-7H,1-3H3;1-5,10H,9H2;4H,1-3H3;1H3,(H,3,4);1H4;1H3. The molecule has 9 nitrogen and oxygen atoms in total. The maximum atomic E-state index is 10.1. The van der Waals surface area contributed by atoms with E-state index in [0.29, 0.717) is 0 Å². The number of anilines is 1. The SMILES string of the molecule is C.CC(=O)C(C)C.CC(=O)O.CC1=Nc2cc3ccsc3cc2C1(C)C.CC1=Nc2cc3ccsc3cc2C1(C)C.CC1=Nc2ccc3sccc3c2C1(C)C.CC1=Nc2ccc3sccc3c2C1(C)C.NNc1ccc2sccc2c1.P. The van der Waals surface area contributed by atoms with Gasteiger partial charge in [0.05, 0.1) is 22.7 Å². The number of Topliss-reactive ketones (excluding diaryl/α,β-unsaturated/α-hetero) is 1. The molecule has 4 N–H and O–H groups in total. The molecule has 1 unspecified atom stereocenters. The minimum atomic E-state index is -0.833. The maximum Gasteiger partial charge on any atom is 0.300 e. The van der Waals surface area contributed by atoms with Gasteiger partial charge in [0.15, 0.2) is 0 Å². The van der Waals surface area contributed by atoms with E-state index < -0.39 is 5.97 Å². The minimum Gasteiger partial charge on any atom is -0.481 e. The summed E-state index contributed by atoms with van der Waals surface area (Å²) in [4.78, 5) is 37.8. The van der Waals surface area contributed by atoms with Crippen molar-refractivity contribution in [1.29, 1.82) is 0 Å². The van der Waals surface area contributed by atoms with E-state index in [1.54, 1.807) is 63.6 Å². The quantitative estimate of drug-likeness (QED) is 0.0898. The van der Waals surface area contributed by atoms with E-state index in [1.165, 1.54) is 95.5 Å². The molecule has 0 radical (unpaired) electrons. The normalized spacial score (nSPS) is 15.3. The van der Waals surface area contributed by atoms with Crippen LogP contribution in [-0.4, -0.2) is 39.7 Å². The van der Waals surface area contributed by atoms with Gasteiger partial charge in [-0.15, -0.1) is 56.7 Å². The molecule has 10 aromatic rings. The third kappa shape index (κ3) is 13.9. The van der Waals surface area contributed by atoms with Gasteiger partial charge in [-0.05, 0) is 208 Å². The van der Waals surface area contributed by atoms with E-state index in [1.807, 2.05) is 26.0 Å². The number of benzene rings is 5. The summed E-state index contributed by atoms with van der Waals surface area (Å²) in [5.41, 5.74) is 19.0. The third-order valence-corrected chi connectivity index (χ3v) is 20.6. The predicted molar refractivity (Wildman–Crippen MR) is 377 cm³/mol. The number of hydrogen-bond acceptors (Lipinski definition) is 13. The number of ketones is 1. The monoisotopic (exact) mass is 1220 g/mol. The average Bonchev–Trinajstić information content (AvgIpc) is 2.25. The van der Waals surface area contributed by atoms with Crippen LogP contribution in [0.15, 0.2) is 144 Å². The zero-order chi connectivity index (χ0) is 58.9. The van der Waals surface area contributed by atoms with Gasteiger partial charge in [0, 0.05) is 86.5 Å². The lowest BCUT2D eigenvalue weighted by molar-refractivity contribution is -0.134. The first-order chi connectivity index (χ1) is 38.2. The number of carboxylic acids is 1. The lowest BCUT2D eigenvalue weighted by Crippen LogP contribution is -2.22. The molecule has 0 fully saturated rings. The van der Waals surface area contributed by atoms with Crippen molar-refractivity contribution in [2.45, 2.75) is 140 Å². The fraction of sp³-hybridized carbons (Fsp3) is 0.324. The fourth-order valence-electron chi connectivity index (χ4n) is 9.84. The second-order valence-electron chi connectivity index (χ2n) is 23.1. The summed E-state index contributed by atoms with van der Waals surface area (Å²) in [6.45, 7) is 33.0. The van der Waals surface area contributed by atoms with Crippen molar-refractivity contribution in [3.05, 3.63) is 146 Å². The molecule has 4 aliphatic rings. The van der Waals surface area contributed by atoms with Gasteiger partial charge in [0.25, 0.3) is 5.97 Å². The number of carbonyl (C=O) groups excluding carboxylic acids is 1. The topological polar surface area (TPSA) is 142 Å². The zero-order valence-corrected chi connectivity index (χ0v) is 55.6. The number of hydrogen-bond donors (Lipinski definition) is 3. The van der Waals surface area contributed by atoms with E-state index in [2.05, 4.69) is 220 Å². The van der Waals surface area contributed by atoms with Crippen molar-refractivity contribution in [2.24, 2.45) is 31.7 Å². The van der Waals surface area contributed by atoms with Gasteiger partial charge in [0.2, 0.25) is 0 Å². The van der Waals surface area contributed by atoms with Crippen molar-refractivity contribution >= 4 is 180 Å². The Kier molecular flexibility index (Phi) is 21.0. The number of thiophene rings is 5. The van der Waals surface area contributed by atoms with Gasteiger partial charge in [-0.3, -0.25) is 35.4 Å². The molecule has 9 heterocycles. The number of aliphatic carboxylic acids is 1. The molecule has 83 heavy (non-hydrogen) atoms. The predicted octanol–water partition coefficient (Wildman–Crippen LogP) is 21.3. The smallest absolute Gasteiger partial charge is 0.300 e. The second kappa shape index (κ2) is 26.4. The van der Waals surface area contributed by atoms with Crippen LogP contribution in [0.4, 0.5) is 28.4 Å². The van der Waals surface area contributed by atoms with E-state index in [9.17, 15) is 4.79 Å². The molecular weight excluding hydrogens is 1140 g/mol. The van der Waals surface area contributed by atoms with Crippen LogP contribution in [0.3, 0.4) is 0 Å². The number of aliphatic imine (C=N–C) groups is 4. The van der Waals surface area contributed by atoms with E-state index in [0.717, 1.165) is 35.4 Å². The van der Waals surface area contributed by atoms with Gasteiger partial charge in [-0.1, -0.05) is 76.7 Å². The van der Waals surface area contributed by atoms with Gasteiger partial charge < -0.3 is 10.5 Å². The van der Waals surface area contributed by atoms with Crippen LogP contribution in [0.2, 0.25) is 0 Å². The zero-order valence-electron chi connectivity index (χ0n) is 50.1. The molecule has 0 aliphatic carbocycles. The number of nitrogens with two attached hydrogens (primary N) is 1. The number of nitrogen functional groups attached to an aromatic ring is 1. The Bertz CT molecular complexity index is 3900. The molecule has 4 aliphatic heterocycles. The van der Waals surface area contributed by atoms with Crippen LogP contribution in [0.25, 0.3) is 50.4 Å². The highest BCUT2D eigenvalue weighted by molar-refractivity contribution is 7.18. The molecule has 14 rings (SSSR count). The molecule has 0 spiro atoms. The van der Waals surface area contributed by atoms with Crippen LogP contribution in [-0.2, 0) is 31.2 Å². The lowest BCUT2D eigenvalue weighted by Gasteiger charge is -2.20. The van der Waals surface area contributed by atoms with Crippen LogP contribution in [0.1, 0.15) is 140 Å². The highest BCUT2D eigenvalue weighted by atomic mass is 32.1. The summed E-state index contributed by atoms with van der Waals surface area (Å²) in [5.74, 6) is 4.90. The lowest BCUT2D eigenvalue weighted by atomic mass is 9.81. The molecule has 0 saturated heterocycles. The Labute approximate surface area is 514 Å². The van der Waals surface area contributed by atoms with Crippen molar-refractivity contribution < 1.29 is 14.7 Å². The van der Waals surface area contributed by atoms with Gasteiger partial charge in [0.1, 0.15) is 5.78 Å². The van der Waals surface area contributed by atoms with Crippen molar-refractivity contribution in [3.8, 4) is 0 Å². The van der Waals surface area contributed by atoms with E-state index in [-0.39, 0.29) is 50.7 Å². The van der Waals surface area contributed by atoms with Crippen molar-refractivity contribution in [2.75, 3.05) is 5.43 Å². The molecule has 1 atom stereocenters. The summed E-state index contributed by atoms with van der Waals surface area (Å²) in [5, 5.41) is 24.7. The van der Waals surface area contributed by atoms with Crippen LogP contribution in [0, 0.1) is 5.92 Å². The van der Waals surface area contributed by atoms with Gasteiger partial charge >= 0.3 is 0 Å². The third-order valence-electron chi connectivity index (χ3n) is 16.2. The molecule has 0 bridgehead atoms. The fourth-order valence-corrected chi connectivity index (χ4v) is 13.8. The Hall–Kier alpha value is -6.09. The summed E-state index contributed by atoms with van der Waals surface area (Å²) in [6, 6.07) is 34.6. The number of rotatable bonds is 2. The maximum absolute atomic E-state index is 10.1. The van der Waals surface area contributed by atoms with Crippen LogP contribution in [0.5, 0.6) is 0 Å². The van der Waals surface area contributed by atoms with Crippen molar-refractivity contribution in [1.82, 2.24) is 0 Å². The molecular formula is C68H81N6O3PS5. The molecule has 15 heteroatoms. The van der Waals surface area contributed by atoms with Gasteiger partial charge in [-0.2, -0.15) is 9.90 Å². The summed E-state index contributed by atoms with van der Waals surface area (Å²) in [6.07, 6.45) is 0. The molecule has 5 aromatic carbocycles. The van der Waals surface area contributed by atoms with Crippen LogP contribution >= 0.6 is 66.6 Å². The van der Waals surface area contributed by atoms with Gasteiger partial charge in [-0.25, -0.2) is 0 Å². The number of carbonyl (C=O) groups is 2. The Morgan fingerprint density at radius 2 is 0.783 bits per heavy atom. The first kappa shape index (κ1) is 66.1. The highest BCUT2D eigenvalue weighted by Crippen LogP contribution is 2.48. The largest absolute Gasteiger partial charge is 0.481 e. The number of nitrogens with one attached hydrogen (secondary N) is 1. The Morgan fingerprint density at radius 3 is 1.16 bits per heavy atom. The Morgan fingerprint density at radius 1 is 0.470 bits per heavy atom. The summed E-state index contributed by atoms with van der Waals surface area (Å²) < 4.78 is 6.76. The summed E-state index contributed by atoms with van der Waals surface area (Å²) in [7, 11) is 0. The average molecular weight is 1220 g/mol. The summed E-state index contributed by atoms with van der Waals surface area (Å²) >= 11 is 8.96.